The monoisotopic (exact) mass is 221 g/mol. The molecule has 0 saturated carbocycles. The lowest BCUT2D eigenvalue weighted by molar-refractivity contribution is -0.141. The number of amides is 1. The normalized spacial score (nSPS) is 11.6. The summed E-state index contributed by atoms with van der Waals surface area (Å²) in [6.45, 7) is 0. The summed E-state index contributed by atoms with van der Waals surface area (Å²) in [7, 11) is 1.35. The van der Waals surface area contributed by atoms with Gasteiger partial charge >= 0.3 is 5.97 Å². The molecule has 1 rings (SSSR count). The predicted octanol–water partition coefficient (Wildman–Crippen LogP) is 1.43. The van der Waals surface area contributed by atoms with E-state index in [0.717, 1.165) is 5.56 Å². The summed E-state index contributed by atoms with van der Waals surface area (Å²) in [5, 5.41) is 2.69. The number of methoxy groups -OCH3 is 1. The van der Waals surface area contributed by atoms with Crippen LogP contribution in [0, 0.1) is 0 Å². The summed E-state index contributed by atoms with van der Waals surface area (Å²) < 4.78 is 4.56. The number of benzene rings is 1. The van der Waals surface area contributed by atoms with Crippen molar-refractivity contribution in [2.24, 2.45) is 0 Å². The third-order valence-electron chi connectivity index (χ3n) is 2.34. The molecule has 0 heterocycles. The van der Waals surface area contributed by atoms with Gasteiger partial charge in [-0.25, -0.2) is 0 Å². The predicted molar refractivity (Wildman–Crippen MR) is 59.6 cm³/mol. The fourth-order valence-electron chi connectivity index (χ4n) is 1.48. The Morgan fingerprint density at radius 1 is 1.44 bits per heavy atom. The fourth-order valence-corrected chi connectivity index (χ4v) is 1.48. The minimum atomic E-state index is -0.270. The SMILES string of the molecule is COC(=O)CCC(NC=O)c1ccccc1. The maximum Gasteiger partial charge on any atom is 0.305 e. The average Bonchev–Trinajstić information content (AvgIpc) is 2.35. The Morgan fingerprint density at radius 2 is 2.12 bits per heavy atom. The zero-order valence-electron chi connectivity index (χ0n) is 9.18. The van der Waals surface area contributed by atoms with Gasteiger partial charge in [0.1, 0.15) is 0 Å². The highest BCUT2D eigenvalue weighted by molar-refractivity contribution is 5.69. The van der Waals surface area contributed by atoms with Crippen molar-refractivity contribution in [1.29, 1.82) is 0 Å². The second-order valence-corrected chi connectivity index (χ2v) is 3.36. The van der Waals surface area contributed by atoms with Crippen molar-refractivity contribution in [2.45, 2.75) is 18.9 Å². The molecule has 1 aromatic rings. The van der Waals surface area contributed by atoms with E-state index in [-0.39, 0.29) is 18.4 Å². The van der Waals surface area contributed by atoms with Crippen LogP contribution >= 0.6 is 0 Å². The van der Waals surface area contributed by atoms with E-state index in [9.17, 15) is 9.59 Å². The summed E-state index contributed by atoms with van der Waals surface area (Å²) in [5.74, 6) is -0.270. The minimum Gasteiger partial charge on any atom is -0.469 e. The van der Waals surface area contributed by atoms with Crippen LogP contribution in [0.3, 0.4) is 0 Å². The minimum absolute atomic E-state index is 0.141. The van der Waals surface area contributed by atoms with E-state index in [0.29, 0.717) is 12.8 Å². The molecule has 0 aliphatic rings. The summed E-state index contributed by atoms with van der Waals surface area (Å²) in [4.78, 5) is 21.5. The van der Waals surface area contributed by atoms with Crippen LogP contribution in [-0.2, 0) is 14.3 Å². The van der Waals surface area contributed by atoms with Gasteiger partial charge in [0.15, 0.2) is 0 Å². The number of rotatable bonds is 6. The maximum absolute atomic E-state index is 11.0. The number of hydrogen-bond donors (Lipinski definition) is 1. The van der Waals surface area contributed by atoms with E-state index in [4.69, 9.17) is 0 Å². The second kappa shape index (κ2) is 6.61. The molecule has 1 unspecified atom stereocenters. The number of esters is 1. The lowest BCUT2D eigenvalue weighted by atomic mass is 10.0. The van der Waals surface area contributed by atoms with Crippen LogP contribution in [0.15, 0.2) is 30.3 Å². The van der Waals surface area contributed by atoms with Gasteiger partial charge in [0.2, 0.25) is 6.41 Å². The molecule has 0 aliphatic carbocycles. The molecule has 1 atom stereocenters. The second-order valence-electron chi connectivity index (χ2n) is 3.36. The van der Waals surface area contributed by atoms with Gasteiger partial charge in [-0.3, -0.25) is 9.59 Å². The molecule has 0 aliphatic heterocycles. The van der Waals surface area contributed by atoms with Crippen molar-refractivity contribution in [3.05, 3.63) is 35.9 Å². The molecule has 0 spiro atoms. The molecule has 16 heavy (non-hydrogen) atoms. The molecule has 1 amide bonds. The van der Waals surface area contributed by atoms with Gasteiger partial charge in [-0.2, -0.15) is 0 Å². The van der Waals surface area contributed by atoms with Crippen LogP contribution in [-0.4, -0.2) is 19.5 Å². The highest BCUT2D eigenvalue weighted by Gasteiger charge is 2.12. The van der Waals surface area contributed by atoms with Crippen LogP contribution in [0.1, 0.15) is 24.4 Å². The molecule has 1 aromatic carbocycles. The van der Waals surface area contributed by atoms with Crippen molar-refractivity contribution in [3.8, 4) is 0 Å². The quantitative estimate of drug-likeness (QED) is 0.584. The molecule has 1 N–H and O–H groups in total. The van der Waals surface area contributed by atoms with E-state index in [1.807, 2.05) is 30.3 Å². The van der Waals surface area contributed by atoms with Crippen molar-refractivity contribution in [2.75, 3.05) is 7.11 Å². The van der Waals surface area contributed by atoms with E-state index < -0.39 is 0 Å². The number of hydrogen-bond acceptors (Lipinski definition) is 3. The molecular weight excluding hydrogens is 206 g/mol. The average molecular weight is 221 g/mol. The Labute approximate surface area is 94.6 Å². The highest BCUT2D eigenvalue weighted by Crippen LogP contribution is 2.17. The maximum atomic E-state index is 11.0. The van der Waals surface area contributed by atoms with Gasteiger partial charge < -0.3 is 10.1 Å². The summed E-state index contributed by atoms with van der Waals surface area (Å²) in [6.07, 6.45) is 1.47. The number of nitrogens with one attached hydrogen (secondary N) is 1. The zero-order chi connectivity index (χ0) is 11.8. The molecule has 0 aromatic heterocycles. The fraction of sp³-hybridized carbons (Fsp3) is 0.333. The lowest BCUT2D eigenvalue weighted by Gasteiger charge is -2.15. The van der Waals surface area contributed by atoms with Gasteiger partial charge in [-0.05, 0) is 12.0 Å². The van der Waals surface area contributed by atoms with Gasteiger partial charge in [-0.15, -0.1) is 0 Å². The van der Waals surface area contributed by atoms with Crippen molar-refractivity contribution in [3.63, 3.8) is 0 Å². The smallest absolute Gasteiger partial charge is 0.305 e. The van der Waals surface area contributed by atoms with Crippen molar-refractivity contribution in [1.82, 2.24) is 5.32 Å². The molecule has 0 saturated heterocycles. The van der Waals surface area contributed by atoms with E-state index in [1.54, 1.807) is 0 Å². The summed E-state index contributed by atoms with van der Waals surface area (Å²) in [6, 6.07) is 9.39. The Morgan fingerprint density at radius 3 is 2.69 bits per heavy atom. The number of carbonyl (C=O) groups is 2. The van der Waals surface area contributed by atoms with Crippen molar-refractivity contribution >= 4 is 12.4 Å². The Hall–Kier alpha value is -1.84. The molecule has 4 heteroatoms. The first-order chi connectivity index (χ1) is 7.77. The number of carbonyl (C=O) groups excluding carboxylic acids is 2. The largest absolute Gasteiger partial charge is 0.469 e. The third-order valence-corrected chi connectivity index (χ3v) is 2.34. The molecule has 4 nitrogen and oxygen atoms in total. The van der Waals surface area contributed by atoms with Crippen LogP contribution < -0.4 is 5.32 Å². The highest BCUT2D eigenvalue weighted by atomic mass is 16.5. The molecule has 86 valence electrons. The zero-order valence-corrected chi connectivity index (χ0v) is 9.18. The Kier molecular flexibility index (Phi) is 5.05. The molecule has 0 bridgehead atoms. The molecular formula is C12H15NO3. The first kappa shape index (κ1) is 12.2. The first-order valence-electron chi connectivity index (χ1n) is 5.09. The van der Waals surface area contributed by atoms with Gasteiger partial charge in [-0.1, -0.05) is 30.3 Å². The van der Waals surface area contributed by atoms with Crippen LogP contribution in [0.2, 0.25) is 0 Å². The Balaban J connectivity index is 2.61. The van der Waals surface area contributed by atoms with Crippen LogP contribution in [0.4, 0.5) is 0 Å². The molecule has 0 radical (unpaired) electrons. The Bertz CT molecular complexity index is 337. The van der Waals surface area contributed by atoms with Crippen LogP contribution in [0.25, 0.3) is 0 Å². The van der Waals surface area contributed by atoms with E-state index in [2.05, 4.69) is 10.1 Å². The number of ether oxygens (including phenoxy) is 1. The standard InChI is InChI=1S/C12H15NO3/c1-16-12(15)8-7-11(13-9-14)10-5-3-2-4-6-10/h2-6,9,11H,7-8H2,1H3,(H,13,14). The van der Waals surface area contributed by atoms with Gasteiger partial charge in [0.05, 0.1) is 13.2 Å². The van der Waals surface area contributed by atoms with Gasteiger partial charge in [0, 0.05) is 6.42 Å². The summed E-state index contributed by atoms with van der Waals surface area (Å²) >= 11 is 0. The van der Waals surface area contributed by atoms with Gasteiger partial charge in [0.25, 0.3) is 0 Å². The van der Waals surface area contributed by atoms with Crippen molar-refractivity contribution < 1.29 is 14.3 Å². The third kappa shape index (κ3) is 3.73. The topological polar surface area (TPSA) is 55.4 Å². The summed E-state index contributed by atoms with van der Waals surface area (Å²) in [5.41, 5.74) is 0.985. The van der Waals surface area contributed by atoms with Crippen LogP contribution in [0.5, 0.6) is 0 Å². The van der Waals surface area contributed by atoms with E-state index >= 15 is 0 Å². The molecule has 0 fully saturated rings. The lowest BCUT2D eigenvalue weighted by Crippen LogP contribution is -2.20. The van der Waals surface area contributed by atoms with E-state index in [1.165, 1.54) is 7.11 Å². The first-order valence-corrected chi connectivity index (χ1v) is 5.09.